The number of amides is 1. The van der Waals surface area contributed by atoms with Crippen LogP contribution in [-0.4, -0.2) is 28.8 Å². The van der Waals surface area contributed by atoms with E-state index < -0.39 is 0 Å². The lowest BCUT2D eigenvalue weighted by Crippen LogP contribution is -2.47. The van der Waals surface area contributed by atoms with E-state index in [-0.39, 0.29) is 28.5 Å². The highest BCUT2D eigenvalue weighted by Crippen LogP contribution is 2.41. The van der Waals surface area contributed by atoms with Crippen LogP contribution in [-0.2, 0) is 11.2 Å². The average molecular weight is 260 g/mol. The van der Waals surface area contributed by atoms with Gasteiger partial charge in [0.2, 0.25) is 5.91 Å². The number of likely N-dealkylation sites (tertiary alicyclic amines) is 1. The molecular formula is C14H16N2O3. The summed E-state index contributed by atoms with van der Waals surface area (Å²) in [7, 11) is 1.85. The zero-order valence-electron chi connectivity index (χ0n) is 10.8. The number of fused-ring (bicyclic) bond motifs is 3. The Kier molecular flexibility index (Phi) is 2.77. The van der Waals surface area contributed by atoms with Crippen molar-refractivity contribution < 1.29 is 9.72 Å². The molecule has 0 radical (unpaired) electrons. The van der Waals surface area contributed by atoms with Crippen LogP contribution in [0.5, 0.6) is 0 Å². The summed E-state index contributed by atoms with van der Waals surface area (Å²) in [5, 5.41) is 10.9. The third kappa shape index (κ3) is 1.89. The highest BCUT2D eigenvalue weighted by atomic mass is 16.6. The molecule has 1 aliphatic heterocycles. The number of carbonyl (C=O) groups is 1. The Hall–Kier alpha value is -1.91. The van der Waals surface area contributed by atoms with Crippen molar-refractivity contribution in [3.05, 3.63) is 39.4 Å². The van der Waals surface area contributed by atoms with Crippen LogP contribution in [0, 0.1) is 10.1 Å². The van der Waals surface area contributed by atoms with E-state index in [1.807, 2.05) is 18.0 Å². The van der Waals surface area contributed by atoms with Crippen molar-refractivity contribution in [1.29, 1.82) is 0 Å². The molecule has 0 bridgehead atoms. The minimum atomic E-state index is -0.346. The first-order valence-corrected chi connectivity index (χ1v) is 6.61. The molecular weight excluding hydrogens is 244 g/mol. The topological polar surface area (TPSA) is 63.5 Å². The molecule has 3 rings (SSSR count). The van der Waals surface area contributed by atoms with Gasteiger partial charge in [0.15, 0.2) is 0 Å². The standard InChI is InChI=1S/C14H16N2O3/c1-15-13-6-3-9-2-4-10(16(18)19)8-12(9)11(13)5-7-14(15)17/h2,4,8,11,13H,3,5-7H2,1H3. The van der Waals surface area contributed by atoms with Crippen LogP contribution in [0.15, 0.2) is 18.2 Å². The molecule has 1 aliphatic carbocycles. The first kappa shape index (κ1) is 12.1. The fraction of sp³-hybridized carbons (Fsp3) is 0.500. The number of benzene rings is 1. The van der Waals surface area contributed by atoms with Gasteiger partial charge in [-0.15, -0.1) is 0 Å². The minimum Gasteiger partial charge on any atom is -0.342 e. The number of nitro benzene ring substituents is 1. The maximum Gasteiger partial charge on any atom is 0.269 e. The van der Waals surface area contributed by atoms with E-state index in [2.05, 4.69) is 0 Å². The number of non-ortho nitro benzene ring substituents is 1. The van der Waals surface area contributed by atoms with E-state index in [1.165, 1.54) is 5.56 Å². The van der Waals surface area contributed by atoms with E-state index in [4.69, 9.17) is 0 Å². The maximum atomic E-state index is 11.8. The van der Waals surface area contributed by atoms with Gasteiger partial charge in [0.05, 0.1) is 4.92 Å². The van der Waals surface area contributed by atoms with Crippen molar-refractivity contribution in [2.45, 2.75) is 37.6 Å². The van der Waals surface area contributed by atoms with Gasteiger partial charge >= 0.3 is 0 Å². The van der Waals surface area contributed by atoms with E-state index in [0.29, 0.717) is 6.42 Å². The van der Waals surface area contributed by atoms with Gasteiger partial charge in [0.1, 0.15) is 0 Å². The number of aryl methyl sites for hydroxylation is 1. The third-order valence-corrected chi connectivity index (χ3v) is 4.47. The number of carbonyl (C=O) groups excluding carboxylic acids is 1. The maximum absolute atomic E-state index is 11.8. The summed E-state index contributed by atoms with van der Waals surface area (Å²) in [6, 6.07) is 5.36. The van der Waals surface area contributed by atoms with Crippen LogP contribution in [0.3, 0.4) is 0 Å². The predicted molar refractivity (Wildman–Crippen MR) is 70.0 cm³/mol. The van der Waals surface area contributed by atoms with Crippen molar-refractivity contribution in [3.8, 4) is 0 Å². The zero-order valence-corrected chi connectivity index (χ0v) is 10.8. The molecule has 5 nitrogen and oxygen atoms in total. The summed E-state index contributed by atoms with van der Waals surface area (Å²) in [4.78, 5) is 24.1. The van der Waals surface area contributed by atoms with E-state index in [1.54, 1.807) is 12.1 Å². The van der Waals surface area contributed by atoms with Crippen LogP contribution < -0.4 is 0 Å². The average Bonchev–Trinajstić information content (AvgIpc) is 2.41. The largest absolute Gasteiger partial charge is 0.342 e. The first-order valence-electron chi connectivity index (χ1n) is 6.61. The molecule has 19 heavy (non-hydrogen) atoms. The summed E-state index contributed by atoms with van der Waals surface area (Å²) in [5.74, 6) is 0.446. The molecule has 100 valence electrons. The number of hydrogen-bond donors (Lipinski definition) is 0. The molecule has 1 fully saturated rings. The van der Waals surface area contributed by atoms with Crippen LogP contribution in [0.25, 0.3) is 0 Å². The molecule has 1 aromatic carbocycles. The van der Waals surface area contributed by atoms with Gasteiger partial charge < -0.3 is 4.90 Å². The number of rotatable bonds is 1. The summed E-state index contributed by atoms with van der Waals surface area (Å²) in [5.41, 5.74) is 2.43. The Morgan fingerprint density at radius 2 is 2.11 bits per heavy atom. The van der Waals surface area contributed by atoms with Crippen LogP contribution in [0.1, 0.15) is 36.3 Å². The van der Waals surface area contributed by atoms with Crippen molar-refractivity contribution in [3.63, 3.8) is 0 Å². The van der Waals surface area contributed by atoms with Gasteiger partial charge in [-0.2, -0.15) is 0 Å². The molecule has 2 unspecified atom stereocenters. The van der Waals surface area contributed by atoms with E-state index >= 15 is 0 Å². The molecule has 2 aliphatic rings. The Morgan fingerprint density at radius 1 is 1.32 bits per heavy atom. The first-order chi connectivity index (χ1) is 9.08. The molecule has 2 atom stereocenters. The Bertz CT molecular complexity index is 556. The quantitative estimate of drug-likeness (QED) is 0.574. The molecule has 5 heteroatoms. The molecule has 1 saturated heterocycles. The number of likely N-dealkylation sites (N-methyl/N-ethyl adjacent to an activating group) is 1. The highest BCUT2D eigenvalue weighted by molar-refractivity contribution is 5.77. The Labute approximate surface area is 111 Å². The second-order valence-corrected chi connectivity index (χ2v) is 5.40. The number of hydrogen-bond acceptors (Lipinski definition) is 3. The fourth-order valence-corrected chi connectivity index (χ4v) is 3.43. The normalized spacial score (nSPS) is 25.7. The molecule has 0 N–H and O–H groups in total. The monoisotopic (exact) mass is 260 g/mol. The lowest BCUT2D eigenvalue weighted by atomic mass is 9.74. The summed E-state index contributed by atoms with van der Waals surface area (Å²) >= 11 is 0. The van der Waals surface area contributed by atoms with Gasteiger partial charge in [-0.3, -0.25) is 14.9 Å². The van der Waals surface area contributed by atoms with Crippen LogP contribution in [0.4, 0.5) is 5.69 Å². The molecule has 0 saturated carbocycles. The highest BCUT2D eigenvalue weighted by Gasteiger charge is 2.38. The number of piperidine rings is 1. The van der Waals surface area contributed by atoms with Gasteiger partial charge in [0.25, 0.3) is 5.69 Å². The smallest absolute Gasteiger partial charge is 0.269 e. The molecule has 1 aromatic rings. The van der Waals surface area contributed by atoms with Gasteiger partial charge in [-0.25, -0.2) is 0 Å². The fourth-order valence-electron chi connectivity index (χ4n) is 3.43. The van der Waals surface area contributed by atoms with Crippen molar-refractivity contribution in [1.82, 2.24) is 4.90 Å². The number of nitro groups is 1. The second-order valence-electron chi connectivity index (χ2n) is 5.40. The minimum absolute atomic E-state index is 0.152. The summed E-state index contributed by atoms with van der Waals surface area (Å²) in [6.45, 7) is 0. The lowest BCUT2D eigenvalue weighted by Gasteiger charge is -2.42. The van der Waals surface area contributed by atoms with Crippen molar-refractivity contribution in [2.75, 3.05) is 7.05 Å². The molecule has 0 spiro atoms. The number of nitrogens with zero attached hydrogens (tertiary/aromatic N) is 2. The second kappa shape index (κ2) is 4.33. The van der Waals surface area contributed by atoms with Crippen LogP contribution in [0.2, 0.25) is 0 Å². The molecule has 1 amide bonds. The van der Waals surface area contributed by atoms with Crippen molar-refractivity contribution >= 4 is 11.6 Å². The van der Waals surface area contributed by atoms with Crippen LogP contribution >= 0.6 is 0 Å². The van der Waals surface area contributed by atoms with Gasteiger partial charge in [-0.1, -0.05) is 6.07 Å². The Morgan fingerprint density at radius 3 is 2.84 bits per heavy atom. The summed E-state index contributed by atoms with van der Waals surface area (Å²) in [6.07, 6.45) is 3.20. The van der Waals surface area contributed by atoms with E-state index in [9.17, 15) is 14.9 Å². The summed E-state index contributed by atoms with van der Waals surface area (Å²) < 4.78 is 0. The van der Waals surface area contributed by atoms with E-state index in [0.717, 1.165) is 24.8 Å². The predicted octanol–water partition coefficient (Wildman–Crippen LogP) is 2.25. The SMILES string of the molecule is CN1C(=O)CCC2c3cc([N+](=O)[O-])ccc3CCC21. The molecule has 0 aromatic heterocycles. The zero-order chi connectivity index (χ0) is 13.6. The van der Waals surface area contributed by atoms with Gasteiger partial charge in [0, 0.05) is 37.6 Å². The third-order valence-electron chi connectivity index (χ3n) is 4.47. The molecule has 1 heterocycles. The van der Waals surface area contributed by atoms with Gasteiger partial charge in [-0.05, 0) is 30.4 Å². The Balaban J connectivity index is 2.01. The lowest BCUT2D eigenvalue weighted by molar-refractivity contribution is -0.385. The van der Waals surface area contributed by atoms with Crippen molar-refractivity contribution in [2.24, 2.45) is 0 Å².